The Hall–Kier alpha value is -1.75. The van der Waals surface area contributed by atoms with Crippen molar-refractivity contribution in [2.24, 2.45) is 0 Å². The highest BCUT2D eigenvalue weighted by Gasteiger charge is 2.29. The van der Waals surface area contributed by atoms with Crippen molar-refractivity contribution < 1.29 is 14.7 Å². The van der Waals surface area contributed by atoms with Crippen molar-refractivity contribution >= 4 is 23.6 Å². The Kier molecular flexibility index (Phi) is 5.61. The monoisotopic (exact) mass is 312 g/mol. The third-order valence-electron chi connectivity index (χ3n) is 3.06. The van der Waals surface area contributed by atoms with Crippen LogP contribution >= 0.6 is 11.6 Å². The zero-order valence-corrected chi connectivity index (χ0v) is 13.4. The molecule has 2 N–H and O–H groups in total. The normalized spacial score (nSPS) is 12.6. The molecule has 0 radical (unpaired) electrons. The highest BCUT2D eigenvalue weighted by molar-refractivity contribution is 6.31. The molecule has 0 aliphatic heterocycles. The quantitative estimate of drug-likeness (QED) is 0.896. The van der Waals surface area contributed by atoms with Gasteiger partial charge in [-0.15, -0.1) is 0 Å². The summed E-state index contributed by atoms with van der Waals surface area (Å²) in [4.78, 5) is 24.5. The molecular formula is C15H21ClN2O3. The van der Waals surface area contributed by atoms with Crippen molar-refractivity contribution in [3.8, 4) is 0 Å². The Morgan fingerprint density at radius 2 is 1.90 bits per heavy atom. The molecule has 0 aliphatic carbocycles. The summed E-state index contributed by atoms with van der Waals surface area (Å²) in [7, 11) is 0. The number of benzene rings is 1. The van der Waals surface area contributed by atoms with E-state index in [-0.39, 0.29) is 12.6 Å². The van der Waals surface area contributed by atoms with E-state index in [2.05, 4.69) is 5.32 Å². The molecular weight excluding hydrogens is 292 g/mol. The Balaban J connectivity index is 2.87. The van der Waals surface area contributed by atoms with Crippen molar-refractivity contribution in [1.29, 1.82) is 0 Å². The second-order valence-corrected chi connectivity index (χ2v) is 6.25. The van der Waals surface area contributed by atoms with Gasteiger partial charge >= 0.3 is 12.0 Å². The minimum Gasteiger partial charge on any atom is -0.480 e. The molecule has 0 heterocycles. The van der Waals surface area contributed by atoms with E-state index in [0.717, 1.165) is 5.56 Å². The summed E-state index contributed by atoms with van der Waals surface area (Å²) in [5.41, 5.74) is 0.194. The number of carboxylic acids is 1. The van der Waals surface area contributed by atoms with Gasteiger partial charge in [-0.05, 0) is 39.3 Å². The predicted molar refractivity (Wildman–Crippen MR) is 82.5 cm³/mol. The van der Waals surface area contributed by atoms with Gasteiger partial charge in [-0.25, -0.2) is 4.79 Å². The van der Waals surface area contributed by atoms with Gasteiger partial charge in [0.05, 0.1) is 6.04 Å². The number of halogens is 1. The fourth-order valence-electron chi connectivity index (χ4n) is 1.92. The molecule has 0 aliphatic rings. The largest absolute Gasteiger partial charge is 0.480 e. The minimum absolute atomic E-state index is 0.315. The smallest absolute Gasteiger partial charge is 0.323 e. The van der Waals surface area contributed by atoms with Gasteiger partial charge in [0.2, 0.25) is 0 Å². The number of amides is 2. The Bertz CT molecular complexity index is 526. The number of nitrogens with one attached hydrogen (secondary N) is 1. The van der Waals surface area contributed by atoms with Crippen LogP contribution in [0.2, 0.25) is 5.02 Å². The maximum atomic E-state index is 12.3. The van der Waals surface area contributed by atoms with Crippen LogP contribution in [0.3, 0.4) is 0 Å². The molecule has 1 atom stereocenters. The lowest BCUT2D eigenvalue weighted by Crippen LogP contribution is -2.52. The first-order chi connectivity index (χ1) is 9.62. The molecule has 1 aromatic rings. The zero-order chi connectivity index (χ0) is 16.2. The summed E-state index contributed by atoms with van der Waals surface area (Å²) in [6.45, 7) is 6.81. The summed E-state index contributed by atoms with van der Waals surface area (Å²) in [5.74, 6) is -1.05. The zero-order valence-electron chi connectivity index (χ0n) is 12.7. The van der Waals surface area contributed by atoms with Gasteiger partial charge in [0.25, 0.3) is 0 Å². The van der Waals surface area contributed by atoms with E-state index in [1.165, 1.54) is 4.90 Å². The predicted octanol–water partition coefficient (Wildman–Crippen LogP) is 3.30. The molecule has 0 spiro atoms. The van der Waals surface area contributed by atoms with E-state index in [9.17, 15) is 9.59 Å². The molecule has 1 aromatic carbocycles. The first kappa shape index (κ1) is 17.3. The molecule has 21 heavy (non-hydrogen) atoms. The maximum Gasteiger partial charge on any atom is 0.323 e. The van der Waals surface area contributed by atoms with Crippen LogP contribution in [0, 0.1) is 0 Å². The number of hydrogen-bond acceptors (Lipinski definition) is 2. The number of nitrogens with zero attached hydrogens (tertiary/aromatic N) is 1. The third-order valence-corrected chi connectivity index (χ3v) is 3.40. The summed E-state index contributed by atoms with van der Waals surface area (Å²) in [6.07, 6.45) is 0. The lowest BCUT2D eigenvalue weighted by molar-refractivity contribution is -0.138. The molecule has 0 fully saturated rings. The summed E-state index contributed by atoms with van der Waals surface area (Å²) < 4.78 is 0. The summed E-state index contributed by atoms with van der Waals surface area (Å²) in [5, 5.41) is 12.3. The van der Waals surface area contributed by atoms with E-state index in [1.807, 2.05) is 18.2 Å². The standard InChI is InChI=1S/C15H21ClN2O3/c1-10(11-7-5-6-8-12(11)16)17-14(21)18(9-13(19)20)15(2,3)4/h5-8,10H,9H2,1-4H3,(H,17,21)(H,19,20). The van der Waals surface area contributed by atoms with Crippen LogP contribution in [-0.4, -0.2) is 34.1 Å². The molecule has 1 unspecified atom stereocenters. The average Bonchev–Trinajstić information content (AvgIpc) is 2.34. The number of rotatable bonds is 4. The van der Waals surface area contributed by atoms with E-state index >= 15 is 0 Å². The first-order valence-electron chi connectivity index (χ1n) is 6.67. The fourth-order valence-corrected chi connectivity index (χ4v) is 2.22. The average molecular weight is 313 g/mol. The number of carbonyl (C=O) groups excluding carboxylic acids is 1. The fraction of sp³-hybridized carbons (Fsp3) is 0.467. The van der Waals surface area contributed by atoms with Crippen molar-refractivity contribution in [3.63, 3.8) is 0 Å². The van der Waals surface area contributed by atoms with Gasteiger partial charge in [0.1, 0.15) is 6.54 Å². The second kappa shape index (κ2) is 6.80. The van der Waals surface area contributed by atoms with E-state index in [1.54, 1.807) is 33.8 Å². The third kappa shape index (κ3) is 4.93. The van der Waals surface area contributed by atoms with Gasteiger partial charge in [0.15, 0.2) is 0 Å². The van der Waals surface area contributed by atoms with Crippen LogP contribution < -0.4 is 5.32 Å². The van der Waals surface area contributed by atoms with Crippen LogP contribution in [0.4, 0.5) is 4.79 Å². The van der Waals surface area contributed by atoms with Gasteiger partial charge in [-0.2, -0.15) is 0 Å². The van der Waals surface area contributed by atoms with Gasteiger partial charge < -0.3 is 15.3 Å². The van der Waals surface area contributed by atoms with Gasteiger partial charge in [-0.1, -0.05) is 29.8 Å². The Labute approximate surface area is 129 Å². The number of urea groups is 1. The van der Waals surface area contributed by atoms with Crippen molar-refractivity contribution in [1.82, 2.24) is 10.2 Å². The number of carbonyl (C=O) groups is 2. The molecule has 2 amide bonds. The van der Waals surface area contributed by atoms with Crippen molar-refractivity contribution in [2.45, 2.75) is 39.3 Å². The van der Waals surface area contributed by atoms with Crippen LogP contribution in [0.25, 0.3) is 0 Å². The van der Waals surface area contributed by atoms with Gasteiger partial charge in [-0.3, -0.25) is 4.79 Å². The molecule has 0 bridgehead atoms. The van der Waals surface area contributed by atoms with Gasteiger partial charge in [0, 0.05) is 10.6 Å². The molecule has 0 saturated heterocycles. The number of carboxylic acid groups (broad SMARTS) is 1. The molecule has 1 rings (SSSR count). The van der Waals surface area contributed by atoms with E-state index in [4.69, 9.17) is 16.7 Å². The molecule has 0 saturated carbocycles. The van der Waals surface area contributed by atoms with Crippen LogP contribution in [0.15, 0.2) is 24.3 Å². The molecule has 5 nitrogen and oxygen atoms in total. The number of aliphatic carboxylic acids is 1. The maximum absolute atomic E-state index is 12.3. The van der Waals surface area contributed by atoms with Crippen LogP contribution in [-0.2, 0) is 4.79 Å². The lowest BCUT2D eigenvalue weighted by Gasteiger charge is -2.35. The minimum atomic E-state index is -1.05. The van der Waals surface area contributed by atoms with E-state index in [0.29, 0.717) is 5.02 Å². The number of hydrogen-bond donors (Lipinski definition) is 2. The summed E-state index contributed by atoms with van der Waals surface area (Å²) >= 11 is 6.10. The first-order valence-corrected chi connectivity index (χ1v) is 7.05. The van der Waals surface area contributed by atoms with Crippen LogP contribution in [0.5, 0.6) is 0 Å². The highest BCUT2D eigenvalue weighted by atomic mass is 35.5. The molecule has 116 valence electrons. The summed E-state index contributed by atoms with van der Waals surface area (Å²) in [6, 6.07) is 6.47. The molecule has 6 heteroatoms. The van der Waals surface area contributed by atoms with Crippen molar-refractivity contribution in [3.05, 3.63) is 34.9 Å². The van der Waals surface area contributed by atoms with Crippen molar-refractivity contribution in [2.75, 3.05) is 6.54 Å². The molecule has 0 aromatic heterocycles. The topological polar surface area (TPSA) is 69.6 Å². The van der Waals surface area contributed by atoms with Crippen LogP contribution in [0.1, 0.15) is 39.3 Å². The van der Waals surface area contributed by atoms with E-state index < -0.39 is 17.5 Å². The Morgan fingerprint density at radius 1 is 1.33 bits per heavy atom. The second-order valence-electron chi connectivity index (χ2n) is 5.84. The lowest BCUT2D eigenvalue weighted by atomic mass is 10.1. The SMILES string of the molecule is CC(NC(=O)N(CC(=O)O)C(C)(C)C)c1ccccc1Cl. The Morgan fingerprint density at radius 3 is 2.38 bits per heavy atom. The highest BCUT2D eigenvalue weighted by Crippen LogP contribution is 2.23.